The highest BCUT2D eigenvalue weighted by molar-refractivity contribution is 6.05. The first-order valence-electron chi connectivity index (χ1n) is 11.5. The SMILES string of the molecule is C[C@H](N)C(=O)N[C@H]1C(=O)N(CC(=O)NCCCCC(N)=O)c2ccccc2O[C@H]1c1ccccc1. The second-order valence-electron chi connectivity index (χ2n) is 8.39. The molecule has 0 spiro atoms. The fourth-order valence-electron chi connectivity index (χ4n) is 3.74. The molecule has 0 saturated heterocycles. The van der Waals surface area contributed by atoms with Crippen molar-refractivity contribution in [3.8, 4) is 5.75 Å². The summed E-state index contributed by atoms with van der Waals surface area (Å²) in [6.45, 7) is 1.58. The van der Waals surface area contributed by atoms with Crippen LogP contribution in [-0.2, 0) is 19.2 Å². The van der Waals surface area contributed by atoms with E-state index in [2.05, 4.69) is 10.6 Å². The average molecular weight is 482 g/mol. The summed E-state index contributed by atoms with van der Waals surface area (Å²) in [5.41, 5.74) is 12.0. The number of ether oxygens (including phenoxy) is 1. The molecule has 2 aromatic carbocycles. The van der Waals surface area contributed by atoms with Gasteiger partial charge in [-0.25, -0.2) is 0 Å². The molecule has 0 unspecified atom stereocenters. The number of para-hydroxylation sites is 2. The lowest BCUT2D eigenvalue weighted by atomic mass is 10.0. The molecule has 0 saturated carbocycles. The van der Waals surface area contributed by atoms with Gasteiger partial charge in [0.15, 0.2) is 6.10 Å². The Morgan fingerprint density at radius 2 is 1.74 bits per heavy atom. The summed E-state index contributed by atoms with van der Waals surface area (Å²) in [5, 5.41) is 5.47. The van der Waals surface area contributed by atoms with Crippen molar-refractivity contribution in [2.75, 3.05) is 18.0 Å². The van der Waals surface area contributed by atoms with E-state index < -0.39 is 35.9 Å². The minimum Gasteiger partial charge on any atom is -0.481 e. The van der Waals surface area contributed by atoms with Crippen LogP contribution < -0.4 is 31.7 Å². The number of anilines is 1. The van der Waals surface area contributed by atoms with E-state index in [1.165, 1.54) is 11.8 Å². The molecule has 3 rings (SSSR count). The van der Waals surface area contributed by atoms with Gasteiger partial charge in [-0.05, 0) is 37.5 Å². The Bertz CT molecular complexity index is 1060. The lowest BCUT2D eigenvalue weighted by Crippen LogP contribution is -2.55. The van der Waals surface area contributed by atoms with Crippen LogP contribution >= 0.6 is 0 Å². The topological polar surface area (TPSA) is 157 Å². The van der Waals surface area contributed by atoms with Gasteiger partial charge in [0.05, 0.1) is 11.7 Å². The molecule has 1 aliphatic rings. The Labute approximate surface area is 204 Å². The number of primary amides is 1. The number of unbranched alkanes of at least 4 members (excludes halogenated alkanes) is 1. The summed E-state index contributed by atoms with van der Waals surface area (Å²) in [7, 11) is 0. The predicted molar refractivity (Wildman–Crippen MR) is 130 cm³/mol. The third kappa shape index (κ3) is 6.80. The number of fused-ring (bicyclic) bond motifs is 1. The van der Waals surface area contributed by atoms with E-state index in [1.807, 2.05) is 18.2 Å². The van der Waals surface area contributed by atoms with Gasteiger partial charge in [0, 0.05) is 13.0 Å². The largest absolute Gasteiger partial charge is 0.481 e. The summed E-state index contributed by atoms with van der Waals surface area (Å²) < 4.78 is 6.26. The van der Waals surface area contributed by atoms with Gasteiger partial charge in [-0.1, -0.05) is 42.5 Å². The summed E-state index contributed by atoms with van der Waals surface area (Å²) in [4.78, 5) is 51.2. The smallest absolute Gasteiger partial charge is 0.254 e. The van der Waals surface area contributed by atoms with E-state index in [9.17, 15) is 19.2 Å². The molecule has 6 N–H and O–H groups in total. The molecule has 35 heavy (non-hydrogen) atoms. The molecule has 0 aliphatic carbocycles. The Balaban J connectivity index is 1.87. The lowest BCUT2D eigenvalue weighted by molar-refractivity contribution is -0.130. The zero-order valence-corrected chi connectivity index (χ0v) is 19.6. The van der Waals surface area contributed by atoms with Crippen molar-refractivity contribution in [1.82, 2.24) is 10.6 Å². The molecule has 10 nitrogen and oxygen atoms in total. The van der Waals surface area contributed by atoms with Crippen LogP contribution in [0.25, 0.3) is 0 Å². The van der Waals surface area contributed by atoms with Crippen molar-refractivity contribution < 1.29 is 23.9 Å². The highest BCUT2D eigenvalue weighted by atomic mass is 16.5. The van der Waals surface area contributed by atoms with Gasteiger partial charge < -0.3 is 26.8 Å². The van der Waals surface area contributed by atoms with E-state index in [0.717, 1.165) is 0 Å². The first-order chi connectivity index (χ1) is 16.8. The second-order valence-corrected chi connectivity index (χ2v) is 8.39. The highest BCUT2D eigenvalue weighted by Crippen LogP contribution is 2.37. The van der Waals surface area contributed by atoms with Crippen LogP contribution in [0.1, 0.15) is 37.9 Å². The van der Waals surface area contributed by atoms with Crippen LogP contribution in [-0.4, -0.2) is 48.8 Å². The maximum atomic E-state index is 13.8. The molecular formula is C25H31N5O5. The van der Waals surface area contributed by atoms with Gasteiger partial charge in [-0.2, -0.15) is 0 Å². The summed E-state index contributed by atoms with van der Waals surface area (Å²) in [5.74, 6) is -1.39. The number of benzene rings is 2. The number of nitrogens with two attached hydrogens (primary N) is 2. The Morgan fingerprint density at radius 3 is 2.43 bits per heavy atom. The fraction of sp³-hybridized carbons (Fsp3) is 0.360. The molecule has 10 heteroatoms. The number of carbonyl (C=O) groups excluding carboxylic acids is 4. The number of hydrogen-bond donors (Lipinski definition) is 4. The quantitative estimate of drug-likeness (QED) is 0.367. The maximum Gasteiger partial charge on any atom is 0.254 e. The maximum absolute atomic E-state index is 13.8. The summed E-state index contributed by atoms with van der Waals surface area (Å²) in [6, 6.07) is 14.0. The molecule has 2 aromatic rings. The monoisotopic (exact) mass is 481 g/mol. The first-order valence-corrected chi connectivity index (χ1v) is 11.5. The minimum absolute atomic E-state index is 0.243. The van der Waals surface area contributed by atoms with Gasteiger partial charge in [-0.15, -0.1) is 0 Å². The van der Waals surface area contributed by atoms with E-state index in [0.29, 0.717) is 36.4 Å². The van der Waals surface area contributed by atoms with Crippen molar-refractivity contribution in [2.24, 2.45) is 11.5 Å². The molecule has 1 aliphatic heterocycles. The van der Waals surface area contributed by atoms with Crippen molar-refractivity contribution in [3.05, 3.63) is 60.2 Å². The molecule has 0 bridgehead atoms. The van der Waals surface area contributed by atoms with Crippen LogP contribution in [0.5, 0.6) is 5.75 Å². The molecule has 186 valence electrons. The van der Waals surface area contributed by atoms with Gasteiger partial charge in [0.1, 0.15) is 18.3 Å². The number of amides is 4. The highest BCUT2D eigenvalue weighted by Gasteiger charge is 2.41. The summed E-state index contributed by atoms with van der Waals surface area (Å²) in [6.07, 6.45) is 0.534. The Hall–Kier alpha value is -3.92. The fourth-order valence-corrected chi connectivity index (χ4v) is 3.74. The van der Waals surface area contributed by atoms with Crippen LogP contribution in [0.2, 0.25) is 0 Å². The third-order valence-corrected chi connectivity index (χ3v) is 5.56. The minimum atomic E-state index is -1.12. The number of hydrogen-bond acceptors (Lipinski definition) is 6. The van der Waals surface area contributed by atoms with Crippen LogP contribution in [0.4, 0.5) is 5.69 Å². The average Bonchev–Trinajstić information content (AvgIpc) is 2.94. The lowest BCUT2D eigenvalue weighted by Gasteiger charge is -2.28. The molecular weight excluding hydrogens is 450 g/mol. The number of nitrogens with one attached hydrogen (secondary N) is 2. The molecule has 3 atom stereocenters. The summed E-state index contributed by atoms with van der Waals surface area (Å²) >= 11 is 0. The molecule has 0 aromatic heterocycles. The van der Waals surface area contributed by atoms with Crippen LogP contribution in [0.15, 0.2) is 54.6 Å². The zero-order valence-electron chi connectivity index (χ0n) is 19.6. The first kappa shape index (κ1) is 25.7. The number of nitrogens with zero attached hydrogens (tertiary/aromatic N) is 1. The van der Waals surface area contributed by atoms with Gasteiger partial charge in [0.25, 0.3) is 5.91 Å². The van der Waals surface area contributed by atoms with Crippen molar-refractivity contribution >= 4 is 29.3 Å². The predicted octanol–water partition coefficient (Wildman–Crippen LogP) is 0.757. The van der Waals surface area contributed by atoms with E-state index >= 15 is 0 Å². The third-order valence-electron chi connectivity index (χ3n) is 5.56. The molecule has 1 heterocycles. The molecule has 4 amide bonds. The normalized spacial score (nSPS) is 18.0. The van der Waals surface area contributed by atoms with Crippen LogP contribution in [0.3, 0.4) is 0 Å². The van der Waals surface area contributed by atoms with E-state index in [4.69, 9.17) is 16.2 Å². The van der Waals surface area contributed by atoms with Crippen molar-refractivity contribution in [1.29, 1.82) is 0 Å². The van der Waals surface area contributed by atoms with Crippen LogP contribution in [0, 0.1) is 0 Å². The van der Waals surface area contributed by atoms with E-state index in [-0.39, 0.29) is 18.9 Å². The van der Waals surface area contributed by atoms with E-state index in [1.54, 1.807) is 36.4 Å². The zero-order chi connectivity index (χ0) is 25.4. The number of carbonyl (C=O) groups is 4. The van der Waals surface area contributed by atoms with Crippen molar-refractivity contribution in [3.63, 3.8) is 0 Å². The standard InChI is InChI=1S/C25H31N5O5/c1-16(26)24(33)29-22-23(17-9-3-2-4-10-17)35-19-12-6-5-11-18(19)30(25(22)34)15-21(32)28-14-8-7-13-20(27)31/h2-6,9-12,16,22-23H,7-8,13-15,26H2,1H3,(H2,27,31)(H,28,32)(H,29,33)/t16-,22+,23-/m0/s1. The van der Waals surface area contributed by atoms with Crippen molar-refractivity contribution in [2.45, 2.75) is 44.4 Å². The van der Waals surface area contributed by atoms with Gasteiger partial charge in [-0.3, -0.25) is 24.1 Å². The van der Waals surface area contributed by atoms with Gasteiger partial charge in [0.2, 0.25) is 17.7 Å². The molecule has 0 radical (unpaired) electrons. The van der Waals surface area contributed by atoms with Gasteiger partial charge >= 0.3 is 0 Å². The number of rotatable bonds is 10. The Kier molecular flexibility index (Phi) is 8.80. The Morgan fingerprint density at radius 1 is 1.06 bits per heavy atom. The molecule has 0 fully saturated rings. The second kappa shape index (κ2) is 12.0.